The SMILES string of the molecule is CC(=O)Nc1ccc(CNC(=O)C2(c3cc(F)cc(F)c3)CCCC2)cc1. The van der Waals surface area contributed by atoms with Crippen molar-refractivity contribution in [1.82, 2.24) is 5.32 Å². The van der Waals surface area contributed by atoms with Gasteiger partial charge in [-0.25, -0.2) is 8.78 Å². The Morgan fingerprint density at radius 1 is 1.00 bits per heavy atom. The third-order valence-electron chi connectivity index (χ3n) is 5.03. The number of hydrogen-bond donors (Lipinski definition) is 2. The van der Waals surface area contributed by atoms with Crippen LogP contribution in [0.15, 0.2) is 42.5 Å². The van der Waals surface area contributed by atoms with Crippen molar-refractivity contribution in [3.8, 4) is 0 Å². The average Bonchev–Trinajstić information content (AvgIpc) is 3.11. The molecule has 2 amide bonds. The number of nitrogens with one attached hydrogen (secondary N) is 2. The number of halogens is 2. The zero-order valence-corrected chi connectivity index (χ0v) is 15.1. The van der Waals surface area contributed by atoms with E-state index in [-0.39, 0.29) is 11.8 Å². The monoisotopic (exact) mass is 372 g/mol. The van der Waals surface area contributed by atoms with Gasteiger partial charge in [-0.2, -0.15) is 0 Å². The molecule has 6 heteroatoms. The third kappa shape index (κ3) is 4.32. The molecule has 0 atom stereocenters. The molecule has 0 bridgehead atoms. The first-order valence-electron chi connectivity index (χ1n) is 9.00. The van der Waals surface area contributed by atoms with Gasteiger partial charge >= 0.3 is 0 Å². The van der Waals surface area contributed by atoms with E-state index in [1.165, 1.54) is 19.1 Å². The second-order valence-corrected chi connectivity index (χ2v) is 7.01. The molecule has 1 aliphatic rings. The minimum absolute atomic E-state index is 0.151. The molecule has 2 N–H and O–H groups in total. The van der Waals surface area contributed by atoms with Gasteiger partial charge in [0, 0.05) is 25.2 Å². The molecule has 2 aromatic carbocycles. The molecule has 0 unspecified atom stereocenters. The Morgan fingerprint density at radius 2 is 1.59 bits per heavy atom. The maximum Gasteiger partial charge on any atom is 0.230 e. The first-order chi connectivity index (χ1) is 12.9. The van der Waals surface area contributed by atoms with E-state index in [1.807, 2.05) is 12.1 Å². The summed E-state index contributed by atoms with van der Waals surface area (Å²) in [5.41, 5.74) is 1.06. The maximum absolute atomic E-state index is 13.7. The molecule has 0 aliphatic heterocycles. The van der Waals surface area contributed by atoms with Crippen molar-refractivity contribution < 1.29 is 18.4 Å². The minimum Gasteiger partial charge on any atom is -0.351 e. The van der Waals surface area contributed by atoms with Crippen molar-refractivity contribution >= 4 is 17.5 Å². The Kier molecular flexibility index (Phi) is 5.54. The van der Waals surface area contributed by atoms with Crippen molar-refractivity contribution in [2.45, 2.75) is 44.6 Å². The predicted molar refractivity (Wildman–Crippen MR) is 99.1 cm³/mol. The summed E-state index contributed by atoms with van der Waals surface area (Å²) in [4.78, 5) is 24.0. The number of anilines is 1. The molecule has 27 heavy (non-hydrogen) atoms. The van der Waals surface area contributed by atoms with Gasteiger partial charge in [-0.1, -0.05) is 25.0 Å². The molecule has 0 heterocycles. The molecule has 0 spiro atoms. The summed E-state index contributed by atoms with van der Waals surface area (Å²) in [5, 5.41) is 5.59. The second kappa shape index (κ2) is 7.86. The third-order valence-corrected chi connectivity index (χ3v) is 5.03. The van der Waals surface area contributed by atoms with Crippen LogP contribution in [-0.4, -0.2) is 11.8 Å². The van der Waals surface area contributed by atoms with Crippen LogP contribution >= 0.6 is 0 Å². The van der Waals surface area contributed by atoms with Gasteiger partial charge in [0.1, 0.15) is 11.6 Å². The van der Waals surface area contributed by atoms with E-state index in [4.69, 9.17) is 0 Å². The van der Waals surface area contributed by atoms with E-state index < -0.39 is 17.0 Å². The largest absolute Gasteiger partial charge is 0.351 e. The highest BCUT2D eigenvalue weighted by Crippen LogP contribution is 2.42. The van der Waals surface area contributed by atoms with Crippen LogP contribution in [0.3, 0.4) is 0 Å². The van der Waals surface area contributed by atoms with Crippen molar-refractivity contribution in [3.63, 3.8) is 0 Å². The number of amides is 2. The predicted octanol–water partition coefficient (Wildman–Crippen LogP) is 4.05. The lowest BCUT2D eigenvalue weighted by molar-refractivity contribution is -0.126. The highest BCUT2D eigenvalue weighted by atomic mass is 19.1. The molecule has 1 fully saturated rings. The summed E-state index contributed by atoms with van der Waals surface area (Å²) in [5.74, 6) is -1.70. The molecule has 2 aromatic rings. The van der Waals surface area contributed by atoms with Crippen LogP contribution in [0.1, 0.15) is 43.7 Å². The molecule has 3 rings (SSSR count). The number of benzene rings is 2. The topological polar surface area (TPSA) is 58.2 Å². The Balaban J connectivity index is 1.73. The molecular formula is C21H22F2N2O2. The van der Waals surface area contributed by atoms with E-state index in [1.54, 1.807) is 12.1 Å². The first kappa shape index (κ1) is 19.0. The van der Waals surface area contributed by atoms with Crippen LogP contribution in [0.2, 0.25) is 0 Å². The van der Waals surface area contributed by atoms with Gasteiger partial charge in [0.15, 0.2) is 0 Å². The Morgan fingerprint density at radius 3 is 2.15 bits per heavy atom. The van der Waals surface area contributed by atoms with Crippen LogP contribution in [0.4, 0.5) is 14.5 Å². The summed E-state index contributed by atoms with van der Waals surface area (Å²) >= 11 is 0. The molecular weight excluding hydrogens is 350 g/mol. The normalized spacial score (nSPS) is 15.4. The van der Waals surface area contributed by atoms with Gasteiger partial charge in [0.05, 0.1) is 5.41 Å². The van der Waals surface area contributed by atoms with Gasteiger partial charge < -0.3 is 10.6 Å². The lowest BCUT2D eigenvalue weighted by Crippen LogP contribution is -2.42. The number of carbonyl (C=O) groups is 2. The van der Waals surface area contributed by atoms with Gasteiger partial charge in [-0.15, -0.1) is 0 Å². The molecule has 1 saturated carbocycles. The van der Waals surface area contributed by atoms with Gasteiger partial charge in [-0.3, -0.25) is 9.59 Å². The fourth-order valence-electron chi connectivity index (χ4n) is 3.72. The highest BCUT2D eigenvalue weighted by molar-refractivity contribution is 5.89. The number of rotatable bonds is 5. The van der Waals surface area contributed by atoms with E-state index in [0.29, 0.717) is 30.6 Å². The smallest absolute Gasteiger partial charge is 0.230 e. The average molecular weight is 372 g/mol. The molecule has 4 nitrogen and oxygen atoms in total. The maximum atomic E-state index is 13.7. The summed E-state index contributed by atoms with van der Waals surface area (Å²) in [6.07, 6.45) is 2.83. The summed E-state index contributed by atoms with van der Waals surface area (Å²) in [6.45, 7) is 1.74. The van der Waals surface area contributed by atoms with Crippen LogP contribution in [0.5, 0.6) is 0 Å². The lowest BCUT2D eigenvalue weighted by Gasteiger charge is -2.28. The fourth-order valence-corrected chi connectivity index (χ4v) is 3.72. The van der Waals surface area contributed by atoms with Crippen LogP contribution in [-0.2, 0) is 21.5 Å². The van der Waals surface area contributed by atoms with Crippen LogP contribution in [0, 0.1) is 11.6 Å². The molecule has 0 radical (unpaired) electrons. The number of carbonyl (C=O) groups excluding carboxylic acids is 2. The van der Waals surface area contributed by atoms with E-state index in [0.717, 1.165) is 24.5 Å². The van der Waals surface area contributed by atoms with Gasteiger partial charge in [0.25, 0.3) is 0 Å². The summed E-state index contributed by atoms with van der Waals surface area (Å²) < 4.78 is 27.4. The van der Waals surface area contributed by atoms with E-state index in [2.05, 4.69) is 10.6 Å². The molecule has 1 aliphatic carbocycles. The van der Waals surface area contributed by atoms with Crippen molar-refractivity contribution in [2.24, 2.45) is 0 Å². The Hall–Kier alpha value is -2.76. The zero-order valence-electron chi connectivity index (χ0n) is 15.1. The quantitative estimate of drug-likeness (QED) is 0.832. The molecule has 0 aromatic heterocycles. The first-order valence-corrected chi connectivity index (χ1v) is 9.00. The molecule has 0 saturated heterocycles. The number of hydrogen-bond acceptors (Lipinski definition) is 2. The summed E-state index contributed by atoms with van der Waals surface area (Å²) in [6, 6.07) is 10.5. The highest BCUT2D eigenvalue weighted by Gasteiger charge is 2.43. The standard InChI is InChI=1S/C21H22F2N2O2/c1-14(26)25-19-6-4-15(5-7-19)13-24-20(27)21(8-2-3-9-21)16-10-17(22)12-18(23)11-16/h4-7,10-12H,2-3,8-9,13H2,1H3,(H,24,27)(H,25,26). The van der Waals surface area contributed by atoms with Gasteiger partial charge in [0.2, 0.25) is 11.8 Å². The van der Waals surface area contributed by atoms with Crippen molar-refractivity contribution in [2.75, 3.05) is 5.32 Å². The van der Waals surface area contributed by atoms with Gasteiger partial charge in [-0.05, 0) is 48.2 Å². The zero-order chi connectivity index (χ0) is 19.4. The van der Waals surface area contributed by atoms with Crippen molar-refractivity contribution in [1.29, 1.82) is 0 Å². The lowest BCUT2D eigenvalue weighted by atomic mass is 9.78. The second-order valence-electron chi connectivity index (χ2n) is 7.01. The van der Waals surface area contributed by atoms with E-state index >= 15 is 0 Å². The van der Waals surface area contributed by atoms with E-state index in [9.17, 15) is 18.4 Å². The minimum atomic E-state index is -0.890. The van der Waals surface area contributed by atoms with Crippen molar-refractivity contribution in [3.05, 3.63) is 65.2 Å². The Bertz CT molecular complexity index is 824. The van der Waals surface area contributed by atoms with Crippen LogP contribution in [0.25, 0.3) is 0 Å². The summed E-state index contributed by atoms with van der Waals surface area (Å²) in [7, 11) is 0. The Labute approximate surface area is 157 Å². The fraction of sp³-hybridized carbons (Fsp3) is 0.333. The molecule has 142 valence electrons. The van der Waals surface area contributed by atoms with Crippen LogP contribution < -0.4 is 10.6 Å².